The van der Waals surface area contributed by atoms with Crippen molar-refractivity contribution in [1.29, 1.82) is 0 Å². The number of hydrogen-bond donors (Lipinski definition) is 2. The fourth-order valence-electron chi connectivity index (χ4n) is 2.04. The van der Waals surface area contributed by atoms with E-state index in [0.717, 1.165) is 25.7 Å². The van der Waals surface area contributed by atoms with E-state index in [1.54, 1.807) is 0 Å². The van der Waals surface area contributed by atoms with E-state index in [4.69, 9.17) is 0 Å². The molecule has 7 heteroatoms. The van der Waals surface area contributed by atoms with Crippen LogP contribution in [0.25, 0.3) is 0 Å². The van der Waals surface area contributed by atoms with Gasteiger partial charge in [0.1, 0.15) is 5.69 Å². The van der Waals surface area contributed by atoms with Gasteiger partial charge in [-0.15, -0.1) is 0 Å². The van der Waals surface area contributed by atoms with Crippen LogP contribution in [-0.2, 0) is 9.59 Å². The Balaban J connectivity index is 1.80. The lowest BCUT2D eigenvalue weighted by molar-refractivity contribution is -0.383. The summed E-state index contributed by atoms with van der Waals surface area (Å²) in [5.41, 5.74) is 0.419. The first-order valence-corrected chi connectivity index (χ1v) is 6.95. The van der Waals surface area contributed by atoms with Crippen LogP contribution >= 0.6 is 0 Å². The molecule has 0 heterocycles. The van der Waals surface area contributed by atoms with Crippen molar-refractivity contribution in [1.82, 2.24) is 0 Å². The van der Waals surface area contributed by atoms with Gasteiger partial charge in [-0.1, -0.05) is 0 Å². The number of carbonyl (C=O) groups excluding carboxylic acids is 2. The summed E-state index contributed by atoms with van der Waals surface area (Å²) < 4.78 is 0. The van der Waals surface area contributed by atoms with E-state index in [1.165, 1.54) is 18.2 Å². The van der Waals surface area contributed by atoms with Gasteiger partial charge >= 0.3 is 0 Å². The van der Waals surface area contributed by atoms with Crippen molar-refractivity contribution in [2.75, 3.05) is 10.6 Å². The number of anilines is 2. The Hall–Kier alpha value is -2.44. The largest absolute Gasteiger partial charge is 0.326 e. The Bertz CT molecular complexity index is 621. The summed E-state index contributed by atoms with van der Waals surface area (Å²) in [5.74, 6) is -0.286. The number of nitro benzene ring substituents is 1. The van der Waals surface area contributed by atoms with Gasteiger partial charge in [0.15, 0.2) is 0 Å². The van der Waals surface area contributed by atoms with Crippen LogP contribution in [0.3, 0.4) is 0 Å². The van der Waals surface area contributed by atoms with Crippen molar-refractivity contribution >= 4 is 28.9 Å². The maximum absolute atomic E-state index is 11.8. The number of nitrogens with zero attached hydrogens (tertiary/aromatic N) is 1. The summed E-state index contributed by atoms with van der Waals surface area (Å²) in [6.07, 6.45) is 3.39. The molecule has 0 saturated heterocycles. The lowest BCUT2D eigenvalue weighted by Gasteiger charge is -2.09. The lowest BCUT2D eigenvalue weighted by Crippen LogP contribution is -2.16. The third-order valence-electron chi connectivity index (χ3n) is 3.61. The second kappa shape index (κ2) is 5.16. The molecule has 0 spiro atoms. The average molecular weight is 289 g/mol. The molecule has 1 aromatic carbocycles. The van der Waals surface area contributed by atoms with E-state index >= 15 is 0 Å². The molecule has 0 unspecified atom stereocenters. The van der Waals surface area contributed by atoms with Gasteiger partial charge in [0.25, 0.3) is 5.69 Å². The highest BCUT2D eigenvalue weighted by atomic mass is 16.6. The van der Waals surface area contributed by atoms with E-state index in [-0.39, 0.29) is 35.0 Å². The Morgan fingerprint density at radius 1 is 1.05 bits per heavy atom. The quantitative estimate of drug-likeness (QED) is 0.641. The van der Waals surface area contributed by atoms with E-state index in [9.17, 15) is 19.7 Å². The number of benzene rings is 1. The number of amides is 2. The molecule has 0 bridgehead atoms. The average Bonchev–Trinajstić information content (AvgIpc) is 3.30. The molecule has 2 aliphatic rings. The van der Waals surface area contributed by atoms with Crippen LogP contribution in [0, 0.1) is 22.0 Å². The van der Waals surface area contributed by atoms with Crippen LogP contribution in [0.2, 0.25) is 0 Å². The normalized spacial score (nSPS) is 17.1. The molecule has 2 N–H and O–H groups in total. The van der Waals surface area contributed by atoms with Crippen molar-refractivity contribution < 1.29 is 14.5 Å². The van der Waals surface area contributed by atoms with Crippen LogP contribution < -0.4 is 10.6 Å². The van der Waals surface area contributed by atoms with Gasteiger partial charge in [-0.25, -0.2) is 0 Å². The zero-order valence-corrected chi connectivity index (χ0v) is 11.3. The molecule has 0 radical (unpaired) electrons. The molecular weight excluding hydrogens is 274 g/mol. The molecule has 0 aliphatic heterocycles. The van der Waals surface area contributed by atoms with Crippen LogP contribution in [-0.4, -0.2) is 16.7 Å². The summed E-state index contributed by atoms with van der Waals surface area (Å²) in [5, 5.41) is 16.3. The summed E-state index contributed by atoms with van der Waals surface area (Å²) in [7, 11) is 0. The third-order valence-corrected chi connectivity index (χ3v) is 3.61. The molecule has 110 valence electrons. The molecule has 2 aliphatic carbocycles. The summed E-state index contributed by atoms with van der Waals surface area (Å²) >= 11 is 0. The summed E-state index contributed by atoms with van der Waals surface area (Å²) in [6, 6.07) is 4.22. The molecule has 21 heavy (non-hydrogen) atoms. The second-order valence-electron chi connectivity index (χ2n) is 5.52. The van der Waals surface area contributed by atoms with Crippen molar-refractivity contribution in [3.8, 4) is 0 Å². The van der Waals surface area contributed by atoms with E-state index in [0.29, 0.717) is 5.69 Å². The second-order valence-corrected chi connectivity index (χ2v) is 5.52. The highest BCUT2D eigenvalue weighted by Crippen LogP contribution is 2.34. The van der Waals surface area contributed by atoms with Gasteiger partial charge in [-0.05, 0) is 37.8 Å². The first kappa shape index (κ1) is 13.5. The predicted molar refractivity (Wildman–Crippen MR) is 75.8 cm³/mol. The van der Waals surface area contributed by atoms with Crippen LogP contribution in [0.5, 0.6) is 0 Å². The van der Waals surface area contributed by atoms with Gasteiger partial charge < -0.3 is 10.6 Å². The molecule has 0 aromatic heterocycles. The predicted octanol–water partition coefficient (Wildman–Crippen LogP) is 2.29. The van der Waals surface area contributed by atoms with Gasteiger partial charge in [-0.2, -0.15) is 0 Å². The minimum Gasteiger partial charge on any atom is -0.326 e. The lowest BCUT2D eigenvalue weighted by atomic mass is 10.2. The molecule has 7 nitrogen and oxygen atoms in total. The number of carbonyl (C=O) groups is 2. The number of hydrogen-bond acceptors (Lipinski definition) is 4. The topological polar surface area (TPSA) is 101 Å². The summed E-state index contributed by atoms with van der Waals surface area (Å²) in [4.78, 5) is 34.0. The molecule has 2 amide bonds. The highest BCUT2D eigenvalue weighted by Gasteiger charge is 2.32. The van der Waals surface area contributed by atoms with Crippen molar-refractivity contribution in [2.24, 2.45) is 11.8 Å². The maximum Gasteiger partial charge on any atom is 0.292 e. The first-order valence-electron chi connectivity index (χ1n) is 6.95. The standard InChI is InChI=1S/C14H15N3O4/c18-13(8-1-2-8)15-10-5-6-12(17(20)21)11(7-10)16-14(19)9-3-4-9/h5-9H,1-4H2,(H,15,18)(H,16,19). The Morgan fingerprint density at radius 2 is 1.62 bits per heavy atom. The van der Waals surface area contributed by atoms with Crippen LogP contribution in [0.1, 0.15) is 25.7 Å². The van der Waals surface area contributed by atoms with E-state index < -0.39 is 4.92 Å². The van der Waals surface area contributed by atoms with Crippen molar-refractivity contribution in [2.45, 2.75) is 25.7 Å². The van der Waals surface area contributed by atoms with Gasteiger partial charge in [0, 0.05) is 23.6 Å². The number of nitro groups is 1. The van der Waals surface area contributed by atoms with Crippen LogP contribution in [0.4, 0.5) is 17.1 Å². The van der Waals surface area contributed by atoms with Crippen molar-refractivity contribution in [3.05, 3.63) is 28.3 Å². The molecule has 0 atom stereocenters. The minimum atomic E-state index is -0.547. The zero-order valence-electron chi connectivity index (χ0n) is 11.3. The van der Waals surface area contributed by atoms with Crippen molar-refractivity contribution in [3.63, 3.8) is 0 Å². The fraction of sp³-hybridized carbons (Fsp3) is 0.429. The number of nitrogens with one attached hydrogen (secondary N) is 2. The van der Waals surface area contributed by atoms with Gasteiger partial charge in [-0.3, -0.25) is 19.7 Å². The zero-order chi connectivity index (χ0) is 15.0. The third kappa shape index (κ3) is 3.18. The number of rotatable bonds is 5. The van der Waals surface area contributed by atoms with E-state index in [1.807, 2.05) is 0 Å². The fourth-order valence-corrected chi connectivity index (χ4v) is 2.04. The minimum absolute atomic E-state index is 0.0460. The molecule has 2 fully saturated rings. The molecule has 3 rings (SSSR count). The Kier molecular flexibility index (Phi) is 3.32. The molecule has 1 aromatic rings. The smallest absolute Gasteiger partial charge is 0.292 e. The maximum atomic E-state index is 11.8. The Morgan fingerprint density at radius 3 is 2.14 bits per heavy atom. The highest BCUT2D eigenvalue weighted by molar-refractivity contribution is 5.98. The molecule has 2 saturated carbocycles. The SMILES string of the molecule is O=C(Nc1ccc([N+](=O)[O-])c(NC(=O)C2CC2)c1)C1CC1. The van der Waals surface area contributed by atoms with Gasteiger partial charge in [0.05, 0.1) is 4.92 Å². The van der Waals surface area contributed by atoms with Gasteiger partial charge in [0.2, 0.25) is 11.8 Å². The van der Waals surface area contributed by atoms with Crippen LogP contribution in [0.15, 0.2) is 18.2 Å². The van der Waals surface area contributed by atoms with E-state index in [2.05, 4.69) is 10.6 Å². The molecular formula is C14H15N3O4. The Labute approximate surface area is 120 Å². The summed E-state index contributed by atoms with van der Waals surface area (Å²) in [6.45, 7) is 0. The monoisotopic (exact) mass is 289 g/mol. The first-order chi connectivity index (χ1) is 10.0.